The molecule has 0 radical (unpaired) electrons. The first kappa shape index (κ1) is 23.2. The molecule has 0 spiro atoms. The number of nitrogens with zero attached hydrogens (tertiary/aromatic N) is 2. The molecule has 5 aromatic rings. The largest absolute Gasteiger partial charge is 0.470 e. The van der Waals surface area contributed by atoms with E-state index in [0.29, 0.717) is 0 Å². The molecule has 0 aliphatic heterocycles. The lowest BCUT2D eigenvalue weighted by molar-refractivity contribution is 0.544. The quantitative estimate of drug-likeness (QED) is 0.238. The van der Waals surface area contributed by atoms with E-state index in [0.717, 1.165) is 28.4 Å². The Hall–Kier alpha value is -4.18. The lowest BCUT2D eigenvalue weighted by Crippen LogP contribution is -2.37. The second-order valence-corrected chi connectivity index (χ2v) is 11.3. The Morgan fingerprint density at radius 3 is 1.62 bits per heavy atom. The van der Waals surface area contributed by atoms with E-state index < -0.39 is 0 Å². The van der Waals surface area contributed by atoms with Crippen molar-refractivity contribution >= 4 is 28.4 Å². The number of anilines is 5. The maximum atomic E-state index is 5.45. The van der Waals surface area contributed by atoms with Crippen LogP contribution in [0.3, 0.4) is 0 Å². The third kappa shape index (κ3) is 4.13. The van der Waals surface area contributed by atoms with Crippen LogP contribution in [-0.2, 0) is 5.41 Å². The zero-order valence-electron chi connectivity index (χ0n) is 22.0. The minimum Gasteiger partial charge on any atom is -0.470 e. The van der Waals surface area contributed by atoms with Gasteiger partial charge in [-0.15, -0.1) is 0 Å². The molecule has 4 heteroatoms. The summed E-state index contributed by atoms with van der Waals surface area (Å²) in [5, 5.41) is 0. The van der Waals surface area contributed by atoms with Gasteiger partial charge in [0.2, 0.25) is 0 Å². The van der Waals surface area contributed by atoms with Crippen LogP contribution in [0.4, 0.5) is 28.4 Å². The van der Waals surface area contributed by atoms with Crippen molar-refractivity contribution in [2.24, 2.45) is 0 Å². The molecule has 0 N–H and O–H groups in total. The average molecular weight is 489 g/mol. The van der Waals surface area contributed by atoms with Crippen molar-refractivity contribution in [1.29, 1.82) is 0 Å². The van der Waals surface area contributed by atoms with Gasteiger partial charge in [-0.3, -0.25) is 0 Å². The fraction of sp³-hybridized carbons (Fsp3) is 0.212. The van der Waals surface area contributed by atoms with E-state index in [1.807, 2.05) is 12.1 Å². The average Bonchev–Trinajstić information content (AvgIpc) is 3.37. The van der Waals surface area contributed by atoms with Crippen molar-refractivity contribution in [2.45, 2.75) is 45.6 Å². The Bertz CT molecular complexity index is 1510. The molecule has 0 saturated heterocycles. The van der Waals surface area contributed by atoms with Gasteiger partial charge in [0.1, 0.15) is 12.5 Å². The predicted molar refractivity (Wildman–Crippen MR) is 152 cm³/mol. The first-order chi connectivity index (χ1) is 17.7. The molecule has 4 nitrogen and oxygen atoms in total. The number of hydrogen-bond donors (Lipinski definition) is 0. The van der Waals surface area contributed by atoms with Crippen LogP contribution in [0.2, 0.25) is 0 Å². The molecule has 0 amide bonds. The number of furan rings is 2. The molecule has 1 aliphatic carbocycles. The SMILES string of the molecule is CC1(C)c2ccc(N(c3ccc(-c4ccc(N(c5ccoc5)C(C)(C)C)cc4)cc3)c3ccoc3)cc21. The fourth-order valence-corrected chi connectivity index (χ4v) is 5.33. The van der Waals surface area contributed by atoms with E-state index in [9.17, 15) is 0 Å². The van der Waals surface area contributed by atoms with E-state index in [2.05, 4.69) is 111 Å². The summed E-state index contributed by atoms with van der Waals surface area (Å²) in [6, 6.07) is 28.2. The molecule has 0 bridgehead atoms. The van der Waals surface area contributed by atoms with Gasteiger partial charge in [0.05, 0.1) is 23.9 Å². The van der Waals surface area contributed by atoms with Gasteiger partial charge in [0.25, 0.3) is 0 Å². The molecular weight excluding hydrogens is 456 g/mol. The molecule has 0 saturated carbocycles. The lowest BCUT2D eigenvalue weighted by atomic mass is 10.0. The van der Waals surface area contributed by atoms with Crippen LogP contribution in [0.25, 0.3) is 11.1 Å². The van der Waals surface area contributed by atoms with Crippen molar-refractivity contribution in [1.82, 2.24) is 0 Å². The van der Waals surface area contributed by atoms with Gasteiger partial charge < -0.3 is 18.6 Å². The van der Waals surface area contributed by atoms with Crippen molar-refractivity contribution in [2.75, 3.05) is 9.80 Å². The first-order valence-corrected chi connectivity index (χ1v) is 12.7. The molecule has 0 fully saturated rings. The monoisotopic (exact) mass is 488 g/mol. The molecule has 6 rings (SSSR count). The summed E-state index contributed by atoms with van der Waals surface area (Å²) in [5.41, 5.74) is 10.7. The van der Waals surface area contributed by atoms with Crippen LogP contribution in [0, 0.1) is 0 Å². The van der Waals surface area contributed by atoms with Crippen molar-refractivity contribution in [3.05, 3.63) is 115 Å². The Kier molecular flexibility index (Phi) is 5.30. The molecule has 1 aliphatic rings. The third-order valence-electron chi connectivity index (χ3n) is 7.33. The van der Waals surface area contributed by atoms with Gasteiger partial charge in [-0.25, -0.2) is 0 Å². The highest BCUT2D eigenvalue weighted by Crippen LogP contribution is 2.51. The highest BCUT2D eigenvalue weighted by Gasteiger charge is 2.41. The van der Waals surface area contributed by atoms with Crippen molar-refractivity contribution < 1.29 is 8.83 Å². The standard InChI is InChI=1S/C33H32N2O2/c1-32(2,3)35(29-17-19-37-22-29)26-12-8-24(9-13-26)23-6-10-25(11-7-23)34(28-16-18-36-21-28)27-14-15-30-31(20-27)33(30,4)5/h6-22H,1-5H3. The Balaban J connectivity index is 1.30. The second-order valence-electron chi connectivity index (χ2n) is 11.3. The Morgan fingerprint density at radius 2 is 1.11 bits per heavy atom. The Morgan fingerprint density at radius 1 is 0.568 bits per heavy atom. The lowest BCUT2D eigenvalue weighted by Gasteiger charge is -2.36. The molecule has 186 valence electrons. The molecular formula is C33H32N2O2. The smallest absolute Gasteiger partial charge is 0.114 e. The van der Waals surface area contributed by atoms with Crippen LogP contribution in [-0.4, -0.2) is 5.54 Å². The van der Waals surface area contributed by atoms with Gasteiger partial charge in [-0.2, -0.15) is 0 Å². The number of fused-ring (bicyclic) bond motifs is 1. The van der Waals surface area contributed by atoms with Crippen LogP contribution in [0.5, 0.6) is 0 Å². The molecule has 2 aromatic heterocycles. The maximum Gasteiger partial charge on any atom is 0.114 e. The van der Waals surface area contributed by atoms with Gasteiger partial charge in [0, 0.05) is 40.1 Å². The Labute approximate surface area is 218 Å². The zero-order valence-corrected chi connectivity index (χ0v) is 22.0. The number of hydrogen-bond acceptors (Lipinski definition) is 4. The summed E-state index contributed by atoms with van der Waals surface area (Å²) in [6.07, 6.45) is 7.03. The predicted octanol–water partition coefficient (Wildman–Crippen LogP) is 9.59. The van der Waals surface area contributed by atoms with E-state index >= 15 is 0 Å². The van der Waals surface area contributed by atoms with Crippen LogP contribution < -0.4 is 9.80 Å². The van der Waals surface area contributed by atoms with E-state index in [1.54, 1.807) is 25.1 Å². The van der Waals surface area contributed by atoms with Crippen LogP contribution >= 0.6 is 0 Å². The summed E-state index contributed by atoms with van der Waals surface area (Å²) in [5.74, 6) is 0. The van der Waals surface area contributed by atoms with Gasteiger partial charge in [-0.1, -0.05) is 44.2 Å². The minimum atomic E-state index is -0.0850. The molecule has 37 heavy (non-hydrogen) atoms. The second kappa shape index (κ2) is 8.45. The molecule has 0 unspecified atom stereocenters. The minimum absolute atomic E-state index is 0.0850. The molecule has 3 aromatic carbocycles. The summed E-state index contributed by atoms with van der Waals surface area (Å²) in [4.78, 5) is 4.54. The fourth-order valence-electron chi connectivity index (χ4n) is 5.33. The normalized spacial score (nSPS) is 13.8. The van der Waals surface area contributed by atoms with Crippen LogP contribution in [0.1, 0.15) is 45.7 Å². The van der Waals surface area contributed by atoms with Crippen LogP contribution in [0.15, 0.2) is 113 Å². The summed E-state index contributed by atoms with van der Waals surface area (Å²) >= 11 is 0. The first-order valence-electron chi connectivity index (χ1n) is 12.7. The van der Waals surface area contributed by atoms with E-state index in [1.165, 1.54) is 22.3 Å². The van der Waals surface area contributed by atoms with E-state index in [4.69, 9.17) is 8.83 Å². The topological polar surface area (TPSA) is 32.8 Å². The third-order valence-corrected chi connectivity index (χ3v) is 7.33. The van der Waals surface area contributed by atoms with Crippen molar-refractivity contribution in [3.8, 4) is 11.1 Å². The highest BCUT2D eigenvalue weighted by molar-refractivity contribution is 5.80. The summed E-state index contributed by atoms with van der Waals surface area (Å²) in [6.45, 7) is 11.2. The van der Waals surface area contributed by atoms with Gasteiger partial charge >= 0.3 is 0 Å². The number of rotatable bonds is 6. The van der Waals surface area contributed by atoms with Gasteiger partial charge in [-0.05, 0) is 79.4 Å². The van der Waals surface area contributed by atoms with Gasteiger partial charge in [0.15, 0.2) is 0 Å². The van der Waals surface area contributed by atoms with E-state index in [-0.39, 0.29) is 11.0 Å². The molecule has 0 atom stereocenters. The number of benzene rings is 3. The highest BCUT2D eigenvalue weighted by atomic mass is 16.3. The van der Waals surface area contributed by atoms with Crippen molar-refractivity contribution in [3.63, 3.8) is 0 Å². The summed E-state index contributed by atoms with van der Waals surface area (Å²) < 4.78 is 10.8. The summed E-state index contributed by atoms with van der Waals surface area (Å²) in [7, 11) is 0. The zero-order chi connectivity index (χ0) is 25.8. The maximum absolute atomic E-state index is 5.45. The molecule has 2 heterocycles.